The monoisotopic (exact) mass is 263 g/mol. The second-order valence-electron chi connectivity index (χ2n) is 4.28. The summed E-state index contributed by atoms with van der Waals surface area (Å²) in [6, 6.07) is 12.5. The third-order valence-corrected chi connectivity index (χ3v) is 3.43. The first-order valence-electron chi connectivity index (χ1n) is 5.80. The Hall–Kier alpha value is -1.38. The highest BCUT2D eigenvalue weighted by molar-refractivity contribution is 6.31. The minimum Gasteiger partial charge on any atom is -0.309 e. The van der Waals surface area contributed by atoms with E-state index in [1.807, 2.05) is 32.2 Å². The fourth-order valence-electron chi connectivity index (χ4n) is 2.03. The summed E-state index contributed by atoms with van der Waals surface area (Å²) in [5.74, 6) is -0.221. The number of rotatable bonds is 3. The van der Waals surface area contributed by atoms with Crippen molar-refractivity contribution in [2.45, 2.75) is 13.0 Å². The summed E-state index contributed by atoms with van der Waals surface area (Å²) in [5, 5.41) is 3.99. The highest BCUT2D eigenvalue weighted by Gasteiger charge is 2.12. The van der Waals surface area contributed by atoms with Gasteiger partial charge in [-0.05, 0) is 48.9 Å². The molecule has 0 radical (unpaired) electrons. The van der Waals surface area contributed by atoms with E-state index in [2.05, 4.69) is 5.32 Å². The molecule has 2 aromatic carbocycles. The molecule has 0 aliphatic rings. The van der Waals surface area contributed by atoms with Gasteiger partial charge in [0.15, 0.2) is 0 Å². The molecule has 0 aliphatic heterocycles. The predicted molar refractivity (Wildman–Crippen MR) is 73.5 cm³/mol. The third kappa shape index (κ3) is 2.71. The molecule has 1 atom stereocenters. The molecule has 0 saturated heterocycles. The lowest BCUT2D eigenvalue weighted by atomic mass is 9.97. The molecule has 0 amide bonds. The number of hydrogen-bond donors (Lipinski definition) is 1. The fourth-order valence-corrected chi connectivity index (χ4v) is 2.15. The van der Waals surface area contributed by atoms with Crippen molar-refractivity contribution in [3.63, 3.8) is 0 Å². The standard InChI is InChI=1S/C15H15ClFN/c1-10-9-12(5-8-14(10)16)15(18-2)11-3-6-13(17)7-4-11/h3-9,15,18H,1-2H3. The summed E-state index contributed by atoms with van der Waals surface area (Å²) in [6.45, 7) is 1.98. The van der Waals surface area contributed by atoms with Crippen molar-refractivity contribution in [1.29, 1.82) is 0 Å². The van der Waals surface area contributed by atoms with Crippen LogP contribution >= 0.6 is 11.6 Å². The van der Waals surface area contributed by atoms with Crippen LogP contribution in [0.2, 0.25) is 5.02 Å². The van der Waals surface area contributed by atoms with E-state index in [9.17, 15) is 4.39 Å². The lowest BCUT2D eigenvalue weighted by Crippen LogP contribution is -2.17. The molecule has 94 valence electrons. The fraction of sp³-hybridized carbons (Fsp3) is 0.200. The van der Waals surface area contributed by atoms with Crippen LogP contribution in [0.25, 0.3) is 0 Å². The van der Waals surface area contributed by atoms with Crippen molar-refractivity contribution < 1.29 is 4.39 Å². The minimum atomic E-state index is -0.221. The van der Waals surface area contributed by atoms with Crippen LogP contribution in [-0.4, -0.2) is 7.05 Å². The maximum atomic E-state index is 12.9. The van der Waals surface area contributed by atoms with Gasteiger partial charge in [-0.3, -0.25) is 0 Å². The molecule has 0 aliphatic carbocycles. The van der Waals surface area contributed by atoms with Crippen LogP contribution in [0.5, 0.6) is 0 Å². The molecule has 2 rings (SSSR count). The number of aryl methyl sites for hydroxylation is 1. The smallest absolute Gasteiger partial charge is 0.123 e. The van der Waals surface area contributed by atoms with Crippen LogP contribution in [-0.2, 0) is 0 Å². The maximum absolute atomic E-state index is 12.9. The quantitative estimate of drug-likeness (QED) is 0.879. The molecule has 0 fully saturated rings. The first-order chi connectivity index (χ1) is 8.61. The lowest BCUT2D eigenvalue weighted by molar-refractivity contribution is 0.623. The van der Waals surface area contributed by atoms with Gasteiger partial charge in [-0.25, -0.2) is 4.39 Å². The van der Waals surface area contributed by atoms with E-state index in [1.165, 1.54) is 12.1 Å². The maximum Gasteiger partial charge on any atom is 0.123 e. The summed E-state index contributed by atoms with van der Waals surface area (Å²) >= 11 is 6.03. The Kier molecular flexibility index (Phi) is 4.00. The zero-order chi connectivity index (χ0) is 13.1. The lowest BCUT2D eigenvalue weighted by Gasteiger charge is -2.18. The second-order valence-corrected chi connectivity index (χ2v) is 4.69. The van der Waals surface area contributed by atoms with E-state index in [0.717, 1.165) is 21.7 Å². The van der Waals surface area contributed by atoms with Crippen molar-refractivity contribution in [3.8, 4) is 0 Å². The second kappa shape index (κ2) is 5.51. The van der Waals surface area contributed by atoms with Gasteiger partial charge in [0.05, 0.1) is 6.04 Å². The molecule has 0 aromatic heterocycles. The molecule has 0 saturated carbocycles. The Labute approximate surface area is 112 Å². The molecule has 0 spiro atoms. The average molecular weight is 264 g/mol. The molecule has 0 heterocycles. The van der Waals surface area contributed by atoms with Crippen molar-refractivity contribution in [1.82, 2.24) is 5.32 Å². The summed E-state index contributed by atoms with van der Waals surface area (Å²) in [6.07, 6.45) is 0. The third-order valence-electron chi connectivity index (χ3n) is 3.01. The molecule has 1 nitrogen and oxygen atoms in total. The molecular weight excluding hydrogens is 249 g/mol. The Morgan fingerprint density at radius 1 is 1.06 bits per heavy atom. The highest BCUT2D eigenvalue weighted by Crippen LogP contribution is 2.25. The normalized spacial score (nSPS) is 12.4. The number of benzene rings is 2. The number of hydrogen-bond acceptors (Lipinski definition) is 1. The van der Waals surface area contributed by atoms with E-state index >= 15 is 0 Å². The van der Waals surface area contributed by atoms with Crippen molar-refractivity contribution in [2.24, 2.45) is 0 Å². The molecule has 0 bridgehead atoms. The molecule has 18 heavy (non-hydrogen) atoms. The first-order valence-corrected chi connectivity index (χ1v) is 6.18. The van der Waals surface area contributed by atoms with Crippen LogP contribution in [0.3, 0.4) is 0 Å². The highest BCUT2D eigenvalue weighted by atomic mass is 35.5. The predicted octanol–water partition coefficient (Wildman–Crippen LogP) is 4.10. The van der Waals surface area contributed by atoms with Crippen LogP contribution in [0.1, 0.15) is 22.7 Å². The van der Waals surface area contributed by atoms with Gasteiger partial charge in [0.25, 0.3) is 0 Å². The summed E-state index contributed by atoms with van der Waals surface area (Å²) in [5.41, 5.74) is 3.18. The van der Waals surface area contributed by atoms with Crippen LogP contribution in [0, 0.1) is 12.7 Å². The Bertz CT molecular complexity index is 537. The van der Waals surface area contributed by atoms with Crippen molar-refractivity contribution >= 4 is 11.6 Å². The van der Waals surface area contributed by atoms with Gasteiger partial charge >= 0.3 is 0 Å². The average Bonchev–Trinajstić information content (AvgIpc) is 2.37. The minimum absolute atomic E-state index is 0.0431. The zero-order valence-electron chi connectivity index (χ0n) is 10.4. The first kappa shape index (κ1) is 13.1. The molecule has 3 heteroatoms. The summed E-state index contributed by atoms with van der Waals surface area (Å²) in [4.78, 5) is 0. The van der Waals surface area contributed by atoms with E-state index in [0.29, 0.717) is 0 Å². The van der Waals surface area contributed by atoms with E-state index in [1.54, 1.807) is 12.1 Å². The van der Waals surface area contributed by atoms with E-state index < -0.39 is 0 Å². The Morgan fingerprint density at radius 3 is 2.22 bits per heavy atom. The topological polar surface area (TPSA) is 12.0 Å². The van der Waals surface area contributed by atoms with Gasteiger partial charge in [-0.15, -0.1) is 0 Å². The van der Waals surface area contributed by atoms with Gasteiger partial charge in [-0.1, -0.05) is 35.9 Å². The Morgan fingerprint density at radius 2 is 1.67 bits per heavy atom. The van der Waals surface area contributed by atoms with Gasteiger partial charge in [0.2, 0.25) is 0 Å². The molecule has 1 unspecified atom stereocenters. The Balaban J connectivity index is 2.38. The zero-order valence-corrected chi connectivity index (χ0v) is 11.1. The summed E-state index contributed by atoms with van der Waals surface area (Å²) < 4.78 is 12.9. The van der Waals surface area contributed by atoms with Gasteiger partial charge in [-0.2, -0.15) is 0 Å². The number of nitrogens with one attached hydrogen (secondary N) is 1. The van der Waals surface area contributed by atoms with Crippen LogP contribution in [0.15, 0.2) is 42.5 Å². The van der Waals surface area contributed by atoms with Crippen LogP contribution < -0.4 is 5.32 Å². The largest absolute Gasteiger partial charge is 0.309 e. The van der Waals surface area contributed by atoms with Crippen LogP contribution in [0.4, 0.5) is 4.39 Å². The molecule has 1 N–H and O–H groups in total. The SMILES string of the molecule is CNC(c1ccc(F)cc1)c1ccc(Cl)c(C)c1. The van der Waals surface area contributed by atoms with E-state index in [4.69, 9.17) is 11.6 Å². The summed E-state index contributed by atoms with van der Waals surface area (Å²) in [7, 11) is 1.89. The molecule has 2 aromatic rings. The number of halogens is 2. The van der Waals surface area contributed by atoms with E-state index in [-0.39, 0.29) is 11.9 Å². The van der Waals surface area contributed by atoms with Crippen molar-refractivity contribution in [2.75, 3.05) is 7.05 Å². The van der Waals surface area contributed by atoms with Gasteiger partial charge in [0, 0.05) is 5.02 Å². The van der Waals surface area contributed by atoms with Crippen molar-refractivity contribution in [3.05, 3.63) is 70.0 Å². The van der Waals surface area contributed by atoms with Gasteiger partial charge < -0.3 is 5.32 Å². The molecular formula is C15H15ClFN. The van der Waals surface area contributed by atoms with Gasteiger partial charge in [0.1, 0.15) is 5.82 Å².